The van der Waals surface area contributed by atoms with Gasteiger partial charge in [-0.1, -0.05) is 12.0 Å². The molecule has 1 aliphatic rings. The summed E-state index contributed by atoms with van der Waals surface area (Å²) in [6, 6.07) is 5.68. The van der Waals surface area contributed by atoms with Crippen LogP contribution in [0, 0.1) is 11.8 Å². The van der Waals surface area contributed by atoms with Crippen LogP contribution in [-0.4, -0.2) is 23.2 Å². The van der Waals surface area contributed by atoms with Gasteiger partial charge in [0.1, 0.15) is 11.4 Å². The summed E-state index contributed by atoms with van der Waals surface area (Å²) in [5.74, 6) is 5.08. The smallest absolute Gasteiger partial charge is 0.384 e. The van der Waals surface area contributed by atoms with Gasteiger partial charge in [-0.2, -0.15) is 0 Å². The molecule has 0 aromatic heterocycles. The molecule has 0 fully saturated rings. The Morgan fingerprint density at radius 3 is 2.95 bits per heavy atom. The largest absolute Gasteiger partial charge is 0.508 e. The van der Waals surface area contributed by atoms with E-state index < -0.39 is 11.6 Å². The Bertz CT molecular complexity index is 590. The second-order valence-corrected chi connectivity index (χ2v) is 6.16. The minimum absolute atomic E-state index is 0.230. The van der Waals surface area contributed by atoms with E-state index in [9.17, 15) is 9.90 Å². The Labute approximate surface area is 125 Å². The van der Waals surface area contributed by atoms with Gasteiger partial charge in [0.2, 0.25) is 0 Å². The predicted molar refractivity (Wildman–Crippen MR) is 80.8 cm³/mol. The van der Waals surface area contributed by atoms with Crippen molar-refractivity contribution >= 4 is 5.97 Å². The minimum atomic E-state index is -0.508. The van der Waals surface area contributed by atoms with Crippen LogP contribution >= 0.6 is 0 Å². The highest BCUT2D eigenvalue weighted by atomic mass is 16.6. The lowest BCUT2D eigenvalue weighted by Crippen LogP contribution is -2.23. The lowest BCUT2D eigenvalue weighted by Gasteiger charge is -2.17. The highest BCUT2D eigenvalue weighted by Gasteiger charge is 2.21. The fourth-order valence-corrected chi connectivity index (χ4v) is 2.41. The monoisotopic (exact) mass is 287 g/mol. The summed E-state index contributed by atoms with van der Waals surface area (Å²) >= 11 is 0. The summed E-state index contributed by atoms with van der Waals surface area (Å²) in [5.41, 5.74) is 1.87. The van der Waals surface area contributed by atoms with E-state index in [1.54, 1.807) is 6.07 Å². The zero-order valence-electron chi connectivity index (χ0n) is 12.7. The number of rotatable bonds is 2. The van der Waals surface area contributed by atoms with E-state index in [0.717, 1.165) is 12.8 Å². The van der Waals surface area contributed by atoms with Crippen molar-refractivity contribution in [1.82, 2.24) is 5.32 Å². The first kappa shape index (κ1) is 15.4. The predicted octanol–water partition coefficient (Wildman–Crippen LogP) is 2.31. The van der Waals surface area contributed by atoms with Gasteiger partial charge in [0.25, 0.3) is 0 Å². The molecule has 0 radical (unpaired) electrons. The van der Waals surface area contributed by atoms with Gasteiger partial charge in [0, 0.05) is 12.0 Å². The van der Waals surface area contributed by atoms with E-state index in [0.29, 0.717) is 12.3 Å². The van der Waals surface area contributed by atoms with Gasteiger partial charge < -0.3 is 9.84 Å². The molecule has 2 N–H and O–H groups in total. The molecule has 1 aliphatic carbocycles. The van der Waals surface area contributed by atoms with E-state index in [1.807, 2.05) is 32.9 Å². The van der Waals surface area contributed by atoms with Crippen molar-refractivity contribution in [3.8, 4) is 17.6 Å². The molecule has 21 heavy (non-hydrogen) atoms. The zero-order valence-corrected chi connectivity index (χ0v) is 12.7. The molecule has 0 amide bonds. The van der Waals surface area contributed by atoms with Crippen molar-refractivity contribution in [3.05, 3.63) is 29.3 Å². The number of phenolic OH excluding ortho intramolecular Hbond substituents is 1. The Hall–Kier alpha value is -1.99. The topological polar surface area (TPSA) is 58.6 Å². The second-order valence-electron chi connectivity index (χ2n) is 6.16. The quantitative estimate of drug-likeness (QED) is 0.498. The van der Waals surface area contributed by atoms with Crippen molar-refractivity contribution in [2.75, 3.05) is 6.54 Å². The maximum absolute atomic E-state index is 11.4. The first-order chi connectivity index (χ1) is 9.85. The molecule has 1 atom stereocenters. The number of benzene rings is 1. The summed E-state index contributed by atoms with van der Waals surface area (Å²) in [7, 11) is 0. The number of aromatic hydroxyl groups is 1. The van der Waals surface area contributed by atoms with Crippen molar-refractivity contribution in [1.29, 1.82) is 0 Å². The van der Waals surface area contributed by atoms with Crippen LogP contribution in [-0.2, 0) is 16.0 Å². The molecule has 112 valence electrons. The number of hydrogen-bond donors (Lipinski definition) is 2. The van der Waals surface area contributed by atoms with Crippen LogP contribution in [0.2, 0.25) is 0 Å². The van der Waals surface area contributed by atoms with Gasteiger partial charge in [0.15, 0.2) is 0 Å². The molecule has 1 aromatic rings. The molecule has 0 saturated heterocycles. The standard InChI is InChI=1S/C17H21NO3/c1-17(2,3)21-16(20)5-4-10-18-15-9-6-12-11-13(19)7-8-14(12)15/h7-8,11,15,18-19H,6,9-10H2,1-3H3. The summed E-state index contributed by atoms with van der Waals surface area (Å²) in [4.78, 5) is 11.4. The summed E-state index contributed by atoms with van der Waals surface area (Å²) in [6.45, 7) is 5.88. The van der Waals surface area contributed by atoms with Crippen LogP contribution < -0.4 is 5.32 Å². The fraction of sp³-hybridized carbons (Fsp3) is 0.471. The highest BCUT2D eigenvalue weighted by Crippen LogP contribution is 2.32. The third-order valence-corrected chi connectivity index (χ3v) is 3.23. The van der Waals surface area contributed by atoms with Crippen molar-refractivity contribution in [2.45, 2.75) is 45.3 Å². The zero-order chi connectivity index (χ0) is 15.5. The molecule has 4 nitrogen and oxygen atoms in total. The van der Waals surface area contributed by atoms with Gasteiger partial charge in [-0.3, -0.25) is 5.32 Å². The number of carbonyl (C=O) groups excluding carboxylic acids is 1. The van der Waals surface area contributed by atoms with E-state index in [4.69, 9.17) is 4.74 Å². The minimum Gasteiger partial charge on any atom is -0.508 e. The molecule has 0 spiro atoms. The number of hydrogen-bond acceptors (Lipinski definition) is 4. The van der Waals surface area contributed by atoms with Gasteiger partial charge in [0.05, 0.1) is 6.54 Å². The number of fused-ring (bicyclic) bond motifs is 1. The summed E-state index contributed by atoms with van der Waals surface area (Å²) in [6.07, 6.45) is 1.92. The number of esters is 1. The van der Waals surface area contributed by atoms with Gasteiger partial charge >= 0.3 is 5.97 Å². The van der Waals surface area contributed by atoms with Crippen molar-refractivity contribution in [3.63, 3.8) is 0 Å². The molecule has 0 saturated carbocycles. The van der Waals surface area contributed by atoms with E-state index in [2.05, 4.69) is 17.2 Å². The number of phenols is 1. The molecule has 1 aromatic carbocycles. The maximum atomic E-state index is 11.4. The average molecular weight is 287 g/mol. The maximum Gasteiger partial charge on any atom is 0.384 e. The third kappa shape index (κ3) is 4.51. The SMILES string of the molecule is CC(C)(C)OC(=O)C#CCNC1CCc2cc(O)ccc21. The molecule has 0 bridgehead atoms. The summed E-state index contributed by atoms with van der Waals surface area (Å²) < 4.78 is 5.11. The Morgan fingerprint density at radius 1 is 1.48 bits per heavy atom. The van der Waals surface area contributed by atoms with Crippen LogP contribution in [0.15, 0.2) is 18.2 Å². The van der Waals surface area contributed by atoms with Gasteiger partial charge in [-0.05, 0) is 56.9 Å². The molecule has 2 rings (SSSR count). The van der Waals surface area contributed by atoms with Crippen LogP contribution in [0.1, 0.15) is 44.4 Å². The first-order valence-electron chi connectivity index (χ1n) is 7.12. The lowest BCUT2D eigenvalue weighted by atomic mass is 10.1. The molecule has 1 unspecified atom stereocenters. The Kier molecular flexibility index (Phi) is 4.54. The molecule has 4 heteroatoms. The van der Waals surface area contributed by atoms with E-state index >= 15 is 0 Å². The molecule has 0 heterocycles. The van der Waals surface area contributed by atoms with Crippen LogP contribution in [0.5, 0.6) is 5.75 Å². The number of ether oxygens (including phenoxy) is 1. The van der Waals surface area contributed by atoms with Crippen LogP contribution in [0.25, 0.3) is 0 Å². The van der Waals surface area contributed by atoms with E-state index in [-0.39, 0.29) is 6.04 Å². The third-order valence-electron chi connectivity index (χ3n) is 3.23. The van der Waals surface area contributed by atoms with E-state index in [1.165, 1.54) is 11.1 Å². The summed E-state index contributed by atoms with van der Waals surface area (Å²) in [5, 5.41) is 12.8. The van der Waals surface area contributed by atoms with Gasteiger partial charge in [-0.25, -0.2) is 4.79 Å². The van der Waals surface area contributed by atoms with Crippen molar-refractivity contribution in [2.24, 2.45) is 0 Å². The number of nitrogens with one attached hydrogen (secondary N) is 1. The first-order valence-corrected chi connectivity index (χ1v) is 7.12. The average Bonchev–Trinajstić information content (AvgIpc) is 2.75. The molecular formula is C17H21NO3. The number of carbonyl (C=O) groups is 1. The number of aryl methyl sites for hydroxylation is 1. The van der Waals surface area contributed by atoms with Crippen LogP contribution in [0.4, 0.5) is 0 Å². The van der Waals surface area contributed by atoms with Crippen molar-refractivity contribution < 1.29 is 14.6 Å². The normalized spacial score (nSPS) is 16.8. The fourth-order valence-electron chi connectivity index (χ4n) is 2.41. The molecular weight excluding hydrogens is 266 g/mol. The second kappa shape index (κ2) is 6.19. The molecule has 0 aliphatic heterocycles. The van der Waals surface area contributed by atoms with Gasteiger partial charge in [-0.15, -0.1) is 0 Å². The Morgan fingerprint density at radius 2 is 2.24 bits per heavy atom. The lowest BCUT2D eigenvalue weighted by molar-refractivity contribution is -0.147. The van der Waals surface area contributed by atoms with Crippen LogP contribution in [0.3, 0.4) is 0 Å². The highest BCUT2D eigenvalue weighted by molar-refractivity contribution is 5.88. The Balaban J connectivity index is 1.85.